The van der Waals surface area contributed by atoms with Gasteiger partial charge in [-0.25, -0.2) is 0 Å². The summed E-state index contributed by atoms with van der Waals surface area (Å²) in [6, 6.07) is 0.463. The zero-order valence-corrected chi connectivity index (χ0v) is 12.1. The average Bonchev–Trinajstić information content (AvgIpc) is 2.45. The molecule has 2 unspecified atom stereocenters. The number of hydrogen-bond donors (Lipinski definition) is 2. The van der Waals surface area contributed by atoms with Crippen molar-refractivity contribution in [2.75, 3.05) is 45.8 Å². The van der Waals surface area contributed by atoms with E-state index in [4.69, 9.17) is 5.73 Å². The molecule has 2 aliphatic rings. The topological polar surface area (TPSA) is 61.6 Å². The molecule has 2 fully saturated rings. The standard InChI is InChI=1S/C14H28N4O/c1-12-3-2-7-17(13(12)11-15)8-4-14(19)18-9-5-16-6-10-18/h12-13,16H,2-11,15H2,1H3. The molecule has 0 aromatic heterocycles. The molecular weight excluding hydrogens is 240 g/mol. The summed E-state index contributed by atoms with van der Waals surface area (Å²) >= 11 is 0. The van der Waals surface area contributed by atoms with Gasteiger partial charge in [0.05, 0.1) is 0 Å². The number of nitrogens with two attached hydrogens (primary N) is 1. The fourth-order valence-corrected chi connectivity index (χ4v) is 3.31. The van der Waals surface area contributed by atoms with E-state index >= 15 is 0 Å². The van der Waals surface area contributed by atoms with Crippen molar-refractivity contribution in [3.63, 3.8) is 0 Å². The second kappa shape index (κ2) is 7.22. The number of nitrogens with zero attached hydrogens (tertiary/aromatic N) is 2. The van der Waals surface area contributed by atoms with Gasteiger partial charge in [0.2, 0.25) is 5.91 Å². The van der Waals surface area contributed by atoms with Gasteiger partial charge in [0.25, 0.3) is 0 Å². The van der Waals surface area contributed by atoms with Gasteiger partial charge in [0, 0.05) is 51.7 Å². The largest absolute Gasteiger partial charge is 0.340 e. The van der Waals surface area contributed by atoms with Gasteiger partial charge in [0.15, 0.2) is 0 Å². The van der Waals surface area contributed by atoms with Gasteiger partial charge in [-0.05, 0) is 25.3 Å². The summed E-state index contributed by atoms with van der Waals surface area (Å²) in [5.74, 6) is 0.962. The molecule has 5 nitrogen and oxygen atoms in total. The molecule has 1 amide bonds. The summed E-state index contributed by atoms with van der Waals surface area (Å²) in [7, 11) is 0. The van der Waals surface area contributed by atoms with Gasteiger partial charge < -0.3 is 16.0 Å². The van der Waals surface area contributed by atoms with Crippen LogP contribution in [0.25, 0.3) is 0 Å². The third-order valence-electron chi connectivity index (χ3n) is 4.55. The van der Waals surface area contributed by atoms with Crippen LogP contribution in [-0.4, -0.2) is 67.6 Å². The van der Waals surface area contributed by atoms with Crippen LogP contribution < -0.4 is 11.1 Å². The molecular formula is C14H28N4O. The Kier molecular flexibility index (Phi) is 5.60. The van der Waals surface area contributed by atoms with Crippen molar-refractivity contribution in [3.05, 3.63) is 0 Å². The van der Waals surface area contributed by atoms with E-state index in [1.54, 1.807) is 0 Å². The van der Waals surface area contributed by atoms with Crippen LogP contribution in [0.3, 0.4) is 0 Å². The lowest BCUT2D eigenvalue weighted by Gasteiger charge is -2.39. The highest BCUT2D eigenvalue weighted by molar-refractivity contribution is 5.76. The van der Waals surface area contributed by atoms with E-state index in [0.717, 1.165) is 39.3 Å². The van der Waals surface area contributed by atoms with Crippen LogP contribution in [0.1, 0.15) is 26.2 Å². The molecule has 0 spiro atoms. The third kappa shape index (κ3) is 3.91. The number of piperazine rings is 1. The van der Waals surface area contributed by atoms with Crippen LogP contribution in [0.4, 0.5) is 0 Å². The molecule has 110 valence electrons. The van der Waals surface area contributed by atoms with Crippen LogP contribution in [0.2, 0.25) is 0 Å². The van der Waals surface area contributed by atoms with Crippen molar-refractivity contribution in [3.8, 4) is 0 Å². The second-order valence-corrected chi connectivity index (χ2v) is 5.84. The van der Waals surface area contributed by atoms with E-state index in [-0.39, 0.29) is 0 Å². The number of amides is 1. The minimum atomic E-state index is 0.301. The van der Waals surface area contributed by atoms with Crippen molar-refractivity contribution < 1.29 is 4.79 Å². The Balaban J connectivity index is 1.78. The van der Waals surface area contributed by atoms with Gasteiger partial charge in [-0.1, -0.05) is 6.92 Å². The Morgan fingerprint density at radius 3 is 2.74 bits per heavy atom. The Labute approximate surface area is 116 Å². The lowest BCUT2D eigenvalue weighted by molar-refractivity contribution is -0.132. The first-order valence-corrected chi connectivity index (χ1v) is 7.65. The summed E-state index contributed by atoms with van der Waals surface area (Å²) in [6.45, 7) is 8.53. The van der Waals surface area contributed by atoms with Crippen LogP contribution in [-0.2, 0) is 4.79 Å². The first-order chi connectivity index (χ1) is 9.22. The van der Waals surface area contributed by atoms with Crippen molar-refractivity contribution >= 4 is 5.91 Å². The molecule has 2 heterocycles. The molecule has 2 saturated heterocycles. The minimum Gasteiger partial charge on any atom is -0.340 e. The van der Waals surface area contributed by atoms with Gasteiger partial charge in [-0.15, -0.1) is 0 Å². The molecule has 2 rings (SSSR count). The Hall–Kier alpha value is -0.650. The maximum absolute atomic E-state index is 12.2. The van der Waals surface area contributed by atoms with Crippen molar-refractivity contribution in [1.82, 2.24) is 15.1 Å². The van der Waals surface area contributed by atoms with E-state index < -0.39 is 0 Å². The smallest absolute Gasteiger partial charge is 0.223 e. The highest BCUT2D eigenvalue weighted by Gasteiger charge is 2.28. The van der Waals surface area contributed by atoms with Crippen LogP contribution in [0.15, 0.2) is 0 Å². The van der Waals surface area contributed by atoms with Gasteiger partial charge in [-0.2, -0.15) is 0 Å². The zero-order chi connectivity index (χ0) is 13.7. The van der Waals surface area contributed by atoms with Crippen LogP contribution >= 0.6 is 0 Å². The third-order valence-corrected chi connectivity index (χ3v) is 4.55. The van der Waals surface area contributed by atoms with Crippen LogP contribution in [0, 0.1) is 5.92 Å². The Morgan fingerprint density at radius 1 is 1.32 bits per heavy atom. The van der Waals surface area contributed by atoms with E-state index in [1.165, 1.54) is 12.8 Å². The number of carbonyl (C=O) groups excluding carboxylic acids is 1. The fraction of sp³-hybridized carbons (Fsp3) is 0.929. The van der Waals surface area contributed by atoms with Gasteiger partial charge in [-0.3, -0.25) is 9.69 Å². The number of rotatable bonds is 4. The van der Waals surface area contributed by atoms with Crippen molar-refractivity contribution in [2.24, 2.45) is 11.7 Å². The van der Waals surface area contributed by atoms with E-state index in [2.05, 4.69) is 17.1 Å². The SMILES string of the molecule is CC1CCCN(CCC(=O)N2CCNCC2)C1CN. The first-order valence-electron chi connectivity index (χ1n) is 7.65. The highest BCUT2D eigenvalue weighted by Crippen LogP contribution is 2.22. The molecule has 0 radical (unpaired) electrons. The molecule has 0 aromatic carbocycles. The summed E-state index contributed by atoms with van der Waals surface area (Å²) < 4.78 is 0. The Morgan fingerprint density at radius 2 is 2.05 bits per heavy atom. The second-order valence-electron chi connectivity index (χ2n) is 5.84. The van der Waals surface area contributed by atoms with E-state index in [1.807, 2.05) is 4.90 Å². The molecule has 2 aliphatic heterocycles. The number of nitrogens with one attached hydrogen (secondary N) is 1. The van der Waals surface area contributed by atoms with Crippen LogP contribution in [0.5, 0.6) is 0 Å². The summed E-state index contributed by atoms with van der Waals surface area (Å²) in [6.07, 6.45) is 3.15. The predicted octanol–water partition coefficient (Wildman–Crippen LogP) is -0.132. The Bertz CT molecular complexity index is 291. The maximum Gasteiger partial charge on any atom is 0.223 e. The monoisotopic (exact) mass is 268 g/mol. The highest BCUT2D eigenvalue weighted by atomic mass is 16.2. The lowest BCUT2D eigenvalue weighted by Crippen LogP contribution is -2.51. The molecule has 19 heavy (non-hydrogen) atoms. The van der Waals surface area contributed by atoms with E-state index in [9.17, 15) is 4.79 Å². The number of piperidine rings is 1. The van der Waals surface area contributed by atoms with Crippen molar-refractivity contribution in [2.45, 2.75) is 32.2 Å². The van der Waals surface area contributed by atoms with E-state index in [0.29, 0.717) is 30.8 Å². The maximum atomic E-state index is 12.2. The van der Waals surface area contributed by atoms with Gasteiger partial charge >= 0.3 is 0 Å². The molecule has 5 heteroatoms. The number of hydrogen-bond acceptors (Lipinski definition) is 4. The molecule has 0 aliphatic carbocycles. The number of carbonyl (C=O) groups is 1. The first kappa shape index (κ1) is 14.8. The fourth-order valence-electron chi connectivity index (χ4n) is 3.31. The minimum absolute atomic E-state index is 0.301. The summed E-state index contributed by atoms with van der Waals surface area (Å²) in [4.78, 5) is 16.6. The predicted molar refractivity (Wildman–Crippen MR) is 76.9 cm³/mol. The quantitative estimate of drug-likeness (QED) is 0.745. The molecule has 0 bridgehead atoms. The molecule has 3 N–H and O–H groups in total. The molecule has 0 saturated carbocycles. The zero-order valence-electron chi connectivity index (χ0n) is 12.1. The summed E-state index contributed by atoms with van der Waals surface area (Å²) in [5.41, 5.74) is 5.89. The molecule has 2 atom stereocenters. The normalized spacial score (nSPS) is 29.5. The molecule has 0 aromatic rings. The summed E-state index contributed by atoms with van der Waals surface area (Å²) in [5, 5.41) is 3.28. The number of likely N-dealkylation sites (tertiary alicyclic amines) is 1. The van der Waals surface area contributed by atoms with Crippen molar-refractivity contribution in [1.29, 1.82) is 0 Å². The van der Waals surface area contributed by atoms with Gasteiger partial charge in [0.1, 0.15) is 0 Å². The lowest BCUT2D eigenvalue weighted by atomic mass is 9.90. The average molecular weight is 268 g/mol.